The largest absolute Gasteiger partial charge is 0.391 e. The van der Waals surface area contributed by atoms with Crippen LogP contribution in [0.5, 0.6) is 0 Å². The molecule has 1 aliphatic heterocycles. The Balaban J connectivity index is 1.41. The summed E-state index contributed by atoms with van der Waals surface area (Å²) in [6, 6.07) is 12.4. The summed E-state index contributed by atoms with van der Waals surface area (Å²) in [7, 11) is 0. The second kappa shape index (κ2) is 6.09. The molecule has 2 aromatic heterocycles. The highest BCUT2D eigenvalue weighted by atomic mass is 16.3. The van der Waals surface area contributed by atoms with E-state index in [2.05, 4.69) is 38.5 Å². The number of hydrogen-bond acceptors (Lipinski definition) is 4. The van der Waals surface area contributed by atoms with Crippen LogP contribution in [0.2, 0.25) is 0 Å². The normalized spacial score (nSPS) is 28.5. The number of aliphatic hydroxyl groups excluding tert-OH is 1. The van der Waals surface area contributed by atoms with Gasteiger partial charge in [0.1, 0.15) is 5.82 Å². The van der Waals surface area contributed by atoms with E-state index in [1.54, 1.807) is 0 Å². The zero-order valence-electron chi connectivity index (χ0n) is 15.0. The third kappa shape index (κ3) is 2.50. The van der Waals surface area contributed by atoms with Crippen molar-refractivity contribution in [3.05, 3.63) is 54.5 Å². The zero-order valence-corrected chi connectivity index (χ0v) is 15.0. The van der Waals surface area contributed by atoms with Gasteiger partial charge < -0.3 is 14.6 Å². The number of hydrogen-bond donors (Lipinski definition) is 1. The fourth-order valence-corrected chi connectivity index (χ4v) is 4.93. The Morgan fingerprint density at radius 3 is 2.65 bits per heavy atom. The smallest absolute Gasteiger partial charge is 0.131 e. The van der Waals surface area contributed by atoms with E-state index in [0.29, 0.717) is 11.8 Å². The standard InChI is InChI=1S/C21H24N4O/c1-14-5-4-8-22-21(14)24-11-15-9-19(20(26)10-16(15)12-24)25-13-23-17-6-2-3-7-18(17)25/h2-8,13,15-16,19-20,26H,9-12H2,1H3/t15-,16+,19-,20-/m1/s1. The molecule has 1 saturated heterocycles. The number of anilines is 1. The van der Waals surface area contributed by atoms with Gasteiger partial charge in [0, 0.05) is 19.3 Å². The predicted octanol–water partition coefficient (Wildman–Crippen LogP) is 3.19. The number of benzene rings is 1. The number of fused-ring (bicyclic) bond motifs is 2. The van der Waals surface area contributed by atoms with Crippen LogP contribution >= 0.6 is 0 Å². The minimum absolute atomic E-state index is 0.105. The van der Waals surface area contributed by atoms with E-state index in [-0.39, 0.29) is 12.1 Å². The van der Waals surface area contributed by atoms with Crippen LogP contribution in [-0.4, -0.2) is 38.8 Å². The molecule has 134 valence electrons. The fourth-order valence-electron chi connectivity index (χ4n) is 4.93. The first-order valence-corrected chi connectivity index (χ1v) is 9.47. The Hall–Kier alpha value is -2.40. The van der Waals surface area contributed by atoms with Crippen molar-refractivity contribution in [1.82, 2.24) is 14.5 Å². The number of aliphatic hydroxyl groups is 1. The Labute approximate surface area is 153 Å². The van der Waals surface area contributed by atoms with Crippen LogP contribution < -0.4 is 4.90 Å². The molecular formula is C21H24N4O. The Bertz CT molecular complexity index is 936. The number of pyridine rings is 1. The van der Waals surface area contributed by atoms with E-state index < -0.39 is 0 Å². The molecule has 26 heavy (non-hydrogen) atoms. The average Bonchev–Trinajstić information content (AvgIpc) is 3.25. The lowest BCUT2D eigenvalue weighted by Gasteiger charge is -2.36. The third-order valence-corrected chi connectivity index (χ3v) is 6.23. The minimum atomic E-state index is -0.321. The Morgan fingerprint density at radius 1 is 1.00 bits per heavy atom. The average molecular weight is 348 g/mol. The van der Waals surface area contributed by atoms with Crippen molar-refractivity contribution in [2.45, 2.75) is 31.9 Å². The van der Waals surface area contributed by atoms with E-state index in [1.165, 1.54) is 5.56 Å². The molecule has 5 nitrogen and oxygen atoms in total. The quantitative estimate of drug-likeness (QED) is 0.773. The molecule has 5 heteroatoms. The molecule has 0 unspecified atom stereocenters. The first-order valence-electron chi connectivity index (χ1n) is 9.47. The summed E-state index contributed by atoms with van der Waals surface area (Å²) in [5.74, 6) is 2.23. The molecule has 1 N–H and O–H groups in total. The lowest BCUT2D eigenvalue weighted by Crippen LogP contribution is -2.36. The van der Waals surface area contributed by atoms with Crippen LogP contribution in [0.15, 0.2) is 48.9 Å². The van der Waals surface area contributed by atoms with Gasteiger partial charge in [0.15, 0.2) is 0 Å². The van der Waals surface area contributed by atoms with Gasteiger partial charge in [-0.2, -0.15) is 0 Å². The monoisotopic (exact) mass is 348 g/mol. The molecule has 3 heterocycles. The molecule has 0 amide bonds. The molecular weight excluding hydrogens is 324 g/mol. The lowest BCUT2D eigenvalue weighted by molar-refractivity contribution is 0.0375. The van der Waals surface area contributed by atoms with Crippen LogP contribution in [0.3, 0.4) is 0 Å². The van der Waals surface area contributed by atoms with Crippen LogP contribution in [0.1, 0.15) is 24.4 Å². The molecule has 1 saturated carbocycles. The molecule has 2 fully saturated rings. The van der Waals surface area contributed by atoms with Gasteiger partial charge >= 0.3 is 0 Å². The van der Waals surface area contributed by atoms with Crippen LogP contribution in [0, 0.1) is 18.8 Å². The summed E-state index contributed by atoms with van der Waals surface area (Å²) in [4.78, 5) is 11.5. The fraction of sp³-hybridized carbons (Fsp3) is 0.429. The summed E-state index contributed by atoms with van der Waals surface area (Å²) >= 11 is 0. The highest BCUT2D eigenvalue weighted by Crippen LogP contribution is 2.43. The van der Waals surface area contributed by atoms with Crippen molar-refractivity contribution in [3.63, 3.8) is 0 Å². The van der Waals surface area contributed by atoms with Crippen molar-refractivity contribution in [2.24, 2.45) is 11.8 Å². The highest BCUT2D eigenvalue weighted by Gasteiger charge is 2.43. The maximum Gasteiger partial charge on any atom is 0.131 e. The number of imidazole rings is 1. The number of para-hydroxylation sites is 2. The number of rotatable bonds is 2. The van der Waals surface area contributed by atoms with Crippen LogP contribution in [-0.2, 0) is 0 Å². The van der Waals surface area contributed by atoms with E-state index in [4.69, 9.17) is 0 Å². The van der Waals surface area contributed by atoms with Gasteiger partial charge in [0.2, 0.25) is 0 Å². The van der Waals surface area contributed by atoms with Crippen molar-refractivity contribution < 1.29 is 5.11 Å². The van der Waals surface area contributed by atoms with Crippen molar-refractivity contribution in [2.75, 3.05) is 18.0 Å². The topological polar surface area (TPSA) is 54.2 Å². The van der Waals surface area contributed by atoms with Gasteiger partial charge in [0.05, 0.1) is 29.5 Å². The number of nitrogens with zero attached hydrogens (tertiary/aromatic N) is 4. The summed E-state index contributed by atoms with van der Waals surface area (Å²) in [5, 5.41) is 10.9. The molecule has 4 atom stereocenters. The maximum atomic E-state index is 10.9. The van der Waals surface area contributed by atoms with Crippen molar-refractivity contribution in [3.8, 4) is 0 Å². The predicted molar refractivity (Wildman–Crippen MR) is 102 cm³/mol. The van der Waals surface area contributed by atoms with Crippen molar-refractivity contribution in [1.29, 1.82) is 0 Å². The molecule has 1 aliphatic carbocycles. The summed E-state index contributed by atoms with van der Waals surface area (Å²) in [5.41, 5.74) is 3.34. The Kier molecular flexibility index (Phi) is 3.71. The van der Waals surface area contributed by atoms with Gasteiger partial charge in [-0.15, -0.1) is 0 Å². The van der Waals surface area contributed by atoms with Gasteiger partial charge in [-0.3, -0.25) is 0 Å². The van der Waals surface area contributed by atoms with Crippen molar-refractivity contribution >= 4 is 16.9 Å². The summed E-state index contributed by atoms with van der Waals surface area (Å²) in [6.07, 6.45) is 5.30. The lowest BCUT2D eigenvalue weighted by atomic mass is 9.77. The van der Waals surface area contributed by atoms with E-state index >= 15 is 0 Å². The first-order chi connectivity index (χ1) is 12.7. The summed E-state index contributed by atoms with van der Waals surface area (Å²) < 4.78 is 2.19. The van der Waals surface area contributed by atoms with Crippen LogP contribution in [0.4, 0.5) is 5.82 Å². The molecule has 2 aliphatic rings. The number of aromatic nitrogens is 3. The highest BCUT2D eigenvalue weighted by molar-refractivity contribution is 5.75. The zero-order chi connectivity index (χ0) is 17.7. The van der Waals surface area contributed by atoms with E-state index in [0.717, 1.165) is 42.8 Å². The molecule has 0 bridgehead atoms. The molecule has 3 aromatic rings. The first kappa shape index (κ1) is 15.8. The molecule has 0 spiro atoms. The van der Waals surface area contributed by atoms with Gasteiger partial charge in [-0.05, 0) is 55.4 Å². The maximum absolute atomic E-state index is 10.9. The molecule has 1 aromatic carbocycles. The van der Waals surface area contributed by atoms with Crippen LogP contribution in [0.25, 0.3) is 11.0 Å². The summed E-state index contributed by atoms with van der Waals surface area (Å²) in [6.45, 7) is 4.15. The van der Waals surface area contributed by atoms with Gasteiger partial charge in [-0.25, -0.2) is 9.97 Å². The van der Waals surface area contributed by atoms with Gasteiger partial charge in [0.25, 0.3) is 0 Å². The van der Waals surface area contributed by atoms with Gasteiger partial charge in [-0.1, -0.05) is 18.2 Å². The molecule has 5 rings (SSSR count). The molecule has 0 radical (unpaired) electrons. The van der Waals surface area contributed by atoms with E-state index in [1.807, 2.05) is 36.8 Å². The number of aryl methyl sites for hydroxylation is 1. The minimum Gasteiger partial charge on any atom is -0.391 e. The second-order valence-electron chi connectivity index (χ2n) is 7.82. The van der Waals surface area contributed by atoms with E-state index in [9.17, 15) is 5.11 Å². The SMILES string of the molecule is Cc1cccnc1N1C[C@H]2C[C@@H](n3cnc4ccccc43)[C@H](O)C[C@H]2C1. The second-order valence-corrected chi connectivity index (χ2v) is 7.82. The Morgan fingerprint density at radius 2 is 1.81 bits per heavy atom. The third-order valence-electron chi connectivity index (χ3n) is 6.23.